The molecule has 0 aliphatic heterocycles. The van der Waals surface area contributed by atoms with Gasteiger partial charge in [-0.2, -0.15) is 5.10 Å². The predicted molar refractivity (Wildman–Crippen MR) is 121 cm³/mol. The highest BCUT2D eigenvalue weighted by molar-refractivity contribution is 6.32. The molecule has 1 heterocycles. The van der Waals surface area contributed by atoms with Crippen molar-refractivity contribution in [2.45, 2.75) is 6.61 Å². The molecule has 176 valence electrons. The molecule has 0 aliphatic carbocycles. The highest BCUT2D eigenvalue weighted by Gasteiger charge is 2.16. The molecule has 3 rings (SSSR count). The van der Waals surface area contributed by atoms with E-state index in [1.165, 1.54) is 38.6 Å². The summed E-state index contributed by atoms with van der Waals surface area (Å²) in [6.07, 6.45) is 1.36. The molecule has 11 nitrogen and oxygen atoms in total. The second-order valence-electron chi connectivity index (χ2n) is 6.58. The third-order valence-corrected chi connectivity index (χ3v) is 4.71. The van der Waals surface area contributed by atoms with Gasteiger partial charge >= 0.3 is 5.97 Å². The van der Waals surface area contributed by atoms with Crippen molar-refractivity contribution >= 4 is 35.4 Å². The first-order valence-electron chi connectivity index (χ1n) is 9.57. The summed E-state index contributed by atoms with van der Waals surface area (Å²) in [5.41, 5.74) is 2.52. The maximum Gasteiger partial charge on any atom is 0.373 e. The number of amides is 1. The van der Waals surface area contributed by atoms with Crippen molar-refractivity contribution in [1.82, 2.24) is 5.43 Å². The first-order chi connectivity index (χ1) is 16.3. The molecule has 2 aromatic carbocycles. The molecule has 0 radical (unpaired) electrons. The monoisotopic (exact) mass is 487 g/mol. The van der Waals surface area contributed by atoms with E-state index in [2.05, 4.69) is 15.3 Å². The van der Waals surface area contributed by atoms with E-state index in [1.807, 2.05) is 0 Å². The van der Waals surface area contributed by atoms with Gasteiger partial charge in [0.05, 0.1) is 25.4 Å². The van der Waals surface area contributed by atoms with Crippen LogP contribution in [-0.2, 0) is 11.3 Å². The number of ether oxygens (including phenoxy) is 3. The summed E-state index contributed by atoms with van der Waals surface area (Å²) in [4.78, 5) is 34.0. The standard InChI is InChI=1S/C22H18ClN3O8/c1-31-20-9-13(3-7-18(20)33-12-15-5-8-19(34-15)22(28)32-2)11-24-25-21(27)14-4-6-16(23)17(10-14)26(29)30/h3-11H,12H2,1-2H3,(H,25,27)/b24-11+. The second-order valence-corrected chi connectivity index (χ2v) is 6.99. The number of carbonyl (C=O) groups is 2. The lowest BCUT2D eigenvalue weighted by Gasteiger charge is -2.10. The van der Waals surface area contributed by atoms with Crippen LogP contribution in [0.4, 0.5) is 5.69 Å². The summed E-state index contributed by atoms with van der Waals surface area (Å²) in [5, 5.41) is 14.7. The number of hydrazone groups is 1. The Morgan fingerprint density at radius 3 is 2.65 bits per heavy atom. The minimum atomic E-state index is -0.678. The largest absolute Gasteiger partial charge is 0.493 e. The fourth-order valence-corrected chi connectivity index (χ4v) is 2.91. The van der Waals surface area contributed by atoms with Crippen LogP contribution in [0.1, 0.15) is 32.2 Å². The van der Waals surface area contributed by atoms with Crippen LogP contribution in [0, 0.1) is 10.1 Å². The lowest BCUT2D eigenvalue weighted by atomic mass is 10.2. The van der Waals surface area contributed by atoms with E-state index >= 15 is 0 Å². The zero-order valence-corrected chi connectivity index (χ0v) is 18.7. The average Bonchev–Trinajstić information content (AvgIpc) is 3.31. The SMILES string of the molecule is COC(=O)c1ccc(COc2ccc(/C=N/NC(=O)c3ccc(Cl)c([N+](=O)[O-])c3)cc2OC)o1. The molecular weight excluding hydrogens is 470 g/mol. The van der Waals surface area contributed by atoms with Crippen LogP contribution in [0.15, 0.2) is 58.0 Å². The quantitative estimate of drug-likeness (QED) is 0.206. The molecule has 0 fully saturated rings. The van der Waals surface area contributed by atoms with E-state index in [0.717, 1.165) is 6.07 Å². The molecule has 12 heteroatoms. The average molecular weight is 488 g/mol. The number of halogens is 1. The van der Waals surface area contributed by atoms with Gasteiger partial charge in [0.1, 0.15) is 17.4 Å². The van der Waals surface area contributed by atoms with Gasteiger partial charge in [-0.3, -0.25) is 14.9 Å². The lowest BCUT2D eigenvalue weighted by molar-refractivity contribution is -0.384. The summed E-state index contributed by atoms with van der Waals surface area (Å²) in [7, 11) is 2.71. The molecule has 0 aliphatic rings. The van der Waals surface area contributed by atoms with Crippen molar-refractivity contribution in [3.63, 3.8) is 0 Å². The van der Waals surface area contributed by atoms with Gasteiger partial charge in [-0.05, 0) is 48.0 Å². The van der Waals surface area contributed by atoms with Gasteiger partial charge < -0.3 is 18.6 Å². The zero-order chi connectivity index (χ0) is 24.7. The molecule has 0 spiro atoms. The molecule has 0 unspecified atom stereocenters. The van der Waals surface area contributed by atoms with Crippen LogP contribution in [0.25, 0.3) is 0 Å². The van der Waals surface area contributed by atoms with Crippen LogP contribution >= 0.6 is 11.6 Å². The molecule has 1 N–H and O–H groups in total. The van der Waals surface area contributed by atoms with Crippen LogP contribution in [0.5, 0.6) is 11.5 Å². The van der Waals surface area contributed by atoms with Gasteiger partial charge in [-0.25, -0.2) is 10.2 Å². The van der Waals surface area contributed by atoms with Gasteiger partial charge in [0.25, 0.3) is 11.6 Å². The molecule has 0 saturated carbocycles. The van der Waals surface area contributed by atoms with Crippen LogP contribution < -0.4 is 14.9 Å². The van der Waals surface area contributed by atoms with Crippen molar-refractivity contribution < 1.29 is 33.1 Å². The Hall–Kier alpha value is -4.38. The van der Waals surface area contributed by atoms with E-state index < -0.39 is 16.8 Å². The molecule has 34 heavy (non-hydrogen) atoms. The number of nitro benzene ring substituents is 1. The molecule has 0 saturated heterocycles. The Labute approximate surface area is 198 Å². The van der Waals surface area contributed by atoms with Crippen LogP contribution in [0.2, 0.25) is 5.02 Å². The fraction of sp³-hybridized carbons (Fsp3) is 0.136. The number of rotatable bonds is 9. The summed E-state index contributed by atoms with van der Waals surface area (Å²) in [5.74, 6) is 0.0474. The first kappa shape index (κ1) is 24.3. The minimum absolute atomic E-state index is 0.0304. The summed E-state index contributed by atoms with van der Waals surface area (Å²) >= 11 is 5.75. The third-order valence-electron chi connectivity index (χ3n) is 4.39. The number of nitrogens with zero attached hydrogens (tertiary/aromatic N) is 2. The molecule has 3 aromatic rings. The van der Waals surface area contributed by atoms with Crippen LogP contribution in [-0.4, -0.2) is 37.2 Å². The Morgan fingerprint density at radius 1 is 1.15 bits per heavy atom. The van der Waals surface area contributed by atoms with Gasteiger partial charge in [0.15, 0.2) is 11.5 Å². The van der Waals surface area contributed by atoms with Gasteiger partial charge in [-0.15, -0.1) is 0 Å². The number of nitrogens with one attached hydrogen (secondary N) is 1. The Bertz CT molecular complexity index is 1250. The molecule has 0 bridgehead atoms. The number of carbonyl (C=O) groups excluding carboxylic acids is 2. The second kappa shape index (κ2) is 11.0. The number of hydrogen-bond acceptors (Lipinski definition) is 9. The van der Waals surface area contributed by atoms with Crippen molar-refractivity contribution in [1.29, 1.82) is 0 Å². The van der Waals surface area contributed by atoms with Crippen molar-refractivity contribution in [2.75, 3.05) is 14.2 Å². The summed E-state index contributed by atoms with van der Waals surface area (Å²) in [6.45, 7) is 0.0457. The van der Waals surface area contributed by atoms with Gasteiger partial charge in [0.2, 0.25) is 5.76 Å². The highest BCUT2D eigenvalue weighted by atomic mass is 35.5. The van der Waals surface area contributed by atoms with E-state index in [-0.39, 0.29) is 28.6 Å². The lowest BCUT2D eigenvalue weighted by Crippen LogP contribution is -2.17. The highest BCUT2D eigenvalue weighted by Crippen LogP contribution is 2.29. The zero-order valence-electron chi connectivity index (χ0n) is 17.9. The van der Waals surface area contributed by atoms with Crippen molar-refractivity contribution in [2.24, 2.45) is 5.10 Å². The summed E-state index contributed by atoms with van der Waals surface area (Å²) in [6, 6.07) is 11.7. The smallest absolute Gasteiger partial charge is 0.373 e. The first-order valence-corrected chi connectivity index (χ1v) is 9.95. The van der Waals surface area contributed by atoms with Gasteiger partial charge in [-0.1, -0.05) is 11.6 Å². The molecule has 1 amide bonds. The molecule has 1 aromatic heterocycles. The van der Waals surface area contributed by atoms with E-state index in [9.17, 15) is 19.7 Å². The van der Waals surface area contributed by atoms with E-state index in [4.69, 9.17) is 25.5 Å². The topological polar surface area (TPSA) is 142 Å². The van der Waals surface area contributed by atoms with Crippen molar-refractivity contribution in [3.8, 4) is 11.5 Å². The minimum Gasteiger partial charge on any atom is -0.493 e. The van der Waals surface area contributed by atoms with Crippen LogP contribution in [0.3, 0.4) is 0 Å². The molecule has 0 atom stereocenters. The summed E-state index contributed by atoms with van der Waals surface area (Å²) < 4.78 is 20.9. The van der Waals surface area contributed by atoms with E-state index in [0.29, 0.717) is 22.8 Å². The number of esters is 1. The fourth-order valence-electron chi connectivity index (χ4n) is 2.72. The predicted octanol–water partition coefficient (Wildman–Crippen LogP) is 3.98. The number of methoxy groups -OCH3 is 2. The third kappa shape index (κ3) is 5.90. The maximum absolute atomic E-state index is 12.2. The number of furan rings is 1. The Kier molecular flexibility index (Phi) is 7.83. The van der Waals surface area contributed by atoms with Crippen molar-refractivity contribution in [3.05, 3.63) is 86.3 Å². The van der Waals surface area contributed by atoms with E-state index in [1.54, 1.807) is 24.3 Å². The maximum atomic E-state index is 12.2. The number of benzene rings is 2. The molecular formula is C22H18ClN3O8. The number of hydrogen-bond donors (Lipinski definition) is 1. The Morgan fingerprint density at radius 2 is 1.94 bits per heavy atom. The Balaban J connectivity index is 1.63. The van der Waals surface area contributed by atoms with Gasteiger partial charge in [0, 0.05) is 11.6 Å². The number of nitro groups is 1. The normalized spacial score (nSPS) is 10.7.